The van der Waals surface area contributed by atoms with Gasteiger partial charge in [-0.2, -0.15) is 5.10 Å². The first-order chi connectivity index (χ1) is 7.66. The number of hydrogen-bond donors (Lipinski definition) is 2. The predicted octanol–water partition coefficient (Wildman–Crippen LogP) is 2.86. The molecule has 0 aliphatic heterocycles. The number of H-pyrrole nitrogens is 1. The van der Waals surface area contributed by atoms with Crippen molar-refractivity contribution in [2.75, 3.05) is 5.73 Å². The number of nitrogen functional groups attached to an aromatic ring is 1. The fraction of sp³-hybridized carbons (Fsp3) is 0.308. The number of rotatable bonds is 3. The van der Waals surface area contributed by atoms with Crippen molar-refractivity contribution in [1.29, 1.82) is 0 Å². The highest BCUT2D eigenvalue weighted by Gasteiger charge is 2.04. The van der Waals surface area contributed by atoms with E-state index in [-0.39, 0.29) is 0 Å². The third kappa shape index (κ3) is 2.24. The van der Waals surface area contributed by atoms with Crippen molar-refractivity contribution in [3.63, 3.8) is 0 Å². The molecule has 0 atom stereocenters. The molecule has 0 spiro atoms. The molecular formula is C13H17N3. The van der Waals surface area contributed by atoms with Gasteiger partial charge in [-0.15, -0.1) is 0 Å². The zero-order valence-electron chi connectivity index (χ0n) is 9.70. The molecule has 3 nitrogen and oxygen atoms in total. The highest BCUT2D eigenvalue weighted by Crippen LogP contribution is 2.23. The number of nitrogens with two attached hydrogens (primary N) is 1. The maximum absolute atomic E-state index is 5.80. The Kier molecular flexibility index (Phi) is 2.95. The van der Waals surface area contributed by atoms with E-state index in [1.54, 1.807) is 6.20 Å². The molecule has 1 heterocycles. The molecule has 2 rings (SSSR count). The second kappa shape index (κ2) is 4.39. The normalized spacial score (nSPS) is 10.9. The average Bonchev–Trinajstić information content (AvgIpc) is 2.65. The Balaban J connectivity index is 2.23. The number of benzene rings is 1. The second-order valence-electron chi connectivity index (χ2n) is 4.50. The van der Waals surface area contributed by atoms with Crippen LogP contribution in [-0.2, 0) is 6.42 Å². The molecule has 2 aromatic rings. The number of anilines is 1. The molecule has 0 unspecified atom stereocenters. The molecule has 16 heavy (non-hydrogen) atoms. The van der Waals surface area contributed by atoms with Crippen LogP contribution in [0.5, 0.6) is 0 Å². The first-order valence-electron chi connectivity index (χ1n) is 5.55. The Bertz CT molecular complexity index is 454. The summed E-state index contributed by atoms with van der Waals surface area (Å²) in [6.45, 7) is 4.45. The van der Waals surface area contributed by atoms with Gasteiger partial charge in [0, 0.05) is 5.56 Å². The number of hydrogen-bond acceptors (Lipinski definition) is 2. The Labute approximate surface area is 95.7 Å². The van der Waals surface area contributed by atoms with Crippen molar-refractivity contribution in [2.45, 2.75) is 20.3 Å². The molecule has 1 aromatic carbocycles. The molecule has 3 heteroatoms. The SMILES string of the molecule is CC(C)Cc1ccc(-c2[nH]ncc2N)cc1. The second-order valence-corrected chi connectivity index (χ2v) is 4.50. The van der Waals surface area contributed by atoms with Crippen molar-refractivity contribution in [3.05, 3.63) is 36.0 Å². The zero-order chi connectivity index (χ0) is 11.5. The Morgan fingerprint density at radius 3 is 2.44 bits per heavy atom. The Morgan fingerprint density at radius 1 is 1.25 bits per heavy atom. The molecule has 1 aromatic heterocycles. The van der Waals surface area contributed by atoms with Gasteiger partial charge in [-0.3, -0.25) is 5.10 Å². The van der Waals surface area contributed by atoms with Gasteiger partial charge in [0.15, 0.2) is 0 Å². The lowest BCUT2D eigenvalue weighted by Crippen LogP contribution is -1.94. The zero-order valence-corrected chi connectivity index (χ0v) is 9.70. The maximum atomic E-state index is 5.80. The van der Waals surface area contributed by atoms with Crippen LogP contribution in [0.1, 0.15) is 19.4 Å². The summed E-state index contributed by atoms with van der Waals surface area (Å²) in [4.78, 5) is 0. The van der Waals surface area contributed by atoms with Crippen LogP contribution in [0.15, 0.2) is 30.5 Å². The largest absolute Gasteiger partial charge is 0.396 e. The van der Waals surface area contributed by atoms with E-state index < -0.39 is 0 Å². The van der Waals surface area contributed by atoms with Crippen LogP contribution >= 0.6 is 0 Å². The standard InChI is InChI=1S/C13H17N3/c1-9(2)7-10-3-5-11(6-4-10)13-12(14)8-15-16-13/h3-6,8-9H,7,14H2,1-2H3,(H,15,16). The highest BCUT2D eigenvalue weighted by atomic mass is 15.1. The van der Waals surface area contributed by atoms with E-state index in [0.29, 0.717) is 11.6 Å². The highest BCUT2D eigenvalue weighted by molar-refractivity contribution is 5.71. The monoisotopic (exact) mass is 215 g/mol. The van der Waals surface area contributed by atoms with Crippen molar-refractivity contribution in [1.82, 2.24) is 10.2 Å². The van der Waals surface area contributed by atoms with Gasteiger partial charge in [-0.25, -0.2) is 0 Å². The Morgan fingerprint density at radius 2 is 1.94 bits per heavy atom. The van der Waals surface area contributed by atoms with Crippen molar-refractivity contribution >= 4 is 5.69 Å². The fourth-order valence-electron chi connectivity index (χ4n) is 1.81. The summed E-state index contributed by atoms with van der Waals surface area (Å²) in [5.74, 6) is 0.683. The van der Waals surface area contributed by atoms with Crippen LogP contribution in [0.25, 0.3) is 11.3 Å². The van der Waals surface area contributed by atoms with Gasteiger partial charge in [0.2, 0.25) is 0 Å². The van der Waals surface area contributed by atoms with Crippen LogP contribution in [0.2, 0.25) is 0 Å². The van der Waals surface area contributed by atoms with E-state index in [2.05, 4.69) is 48.3 Å². The third-order valence-electron chi connectivity index (χ3n) is 2.56. The van der Waals surface area contributed by atoms with Gasteiger partial charge in [0.05, 0.1) is 17.6 Å². The summed E-state index contributed by atoms with van der Waals surface area (Å²) in [6, 6.07) is 8.47. The minimum Gasteiger partial charge on any atom is -0.396 e. The minimum absolute atomic E-state index is 0.683. The molecule has 0 amide bonds. The van der Waals surface area contributed by atoms with E-state index in [4.69, 9.17) is 5.73 Å². The number of nitrogens with one attached hydrogen (secondary N) is 1. The molecular weight excluding hydrogens is 198 g/mol. The van der Waals surface area contributed by atoms with Gasteiger partial charge < -0.3 is 5.73 Å². The average molecular weight is 215 g/mol. The van der Waals surface area contributed by atoms with E-state index in [9.17, 15) is 0 Å². The van der Waals surface area contributed by atoms with Gasteiger partial charge in [-0.1, -0.05) is 38.1 Å². The van der Waals surface area contributed by atoms with Crippen molar-refractivity contribution < 1.29 is 0 Å². The minimum atomic E-state index is 0.683. The topological polar surface area (TPSA) is 54.7 Å². The smallest absolute Gasteiger partial charge is 0.0879 e. The molecule has 0 radical (unpaired) electrons. The quantitative estimate of drug-likeness (QED) is 0.827. The summed E-state index contributed by atoms with van der Waals surface area (Å²) < 4.78 is 0. The number of aromatic amines is 1. The number of nitrogens with zero attached hydrogens (tertiary/aromatic N) is 1. The summed E-state index contributed by atoms with van der Waals surface area (Å²) >= 11 is 0. The van der Waals surface area contributed by atoms with Crippen LogP contribution in [-0.4, -0.2) is 10.2 Å². The van der Waals surface area contributed by atoms with Crippen LogP contribution in [0.3, 0.4) is 0 Å². The van der Waals surface area contributed by atoms with E-state index >= 15 is 0 Å². The molecule has 0 bridgehead atoms. The van der Waals surface area contributed by atoms with Crippen LogP contribution in [0, 0.1) is 5.92 Å². The first kappa shape index (κ1) is 10.7. The van der Waals surface area contributed by atoms with Gasteiger partial charge in [0.1, 0.15) is 0 Å². The third-order valence-corrected chi connectivity index (χ3v) is 2.56. The van der Waals surface area contributed by atoms with Gasteiger partial charge >= 0.3 is 0 Å². The van der Waals surface area contributed by atoms with Crippen molar-refractivity contribution in [3.8, 4) is 11.3 Å². The molecule has 3 N–H and O–H groups in total. The maximum Gasteiger partial charge on any atom is 0.0879 e. The van der Waals surface area contributed by atoms with Crippen LogP contribution < -0.4 is 5.73 Å². The van der Waals surface area contributed by atoms with Gasteiger partial charge in [-0.05, 0) is 17.9 Å². The van der Waals surface area contributed by atoms with Crippen molar-refractivity contribution in [2.24, 2.45) is 5.92 Å². The van der Waals surface area contributed by atoms with E-state index in [1.807, 2.05) is 0 Å². The summed E-state index contributed by atoms with van der Waals surface area (Å²) in [6.07, 6.45) is 2.75. The Hall–Kier alpha value is -1.77. The lowest BCUT2D eigenvalue weighted by Gasteiger charge is -2.06. The van der Waals surface area contributed by atoms with Gasteiger partial charge in [0.25, 0.3) is 0 Å². The van der Waals surface area contributed by atoms with E-state index in [0.717, 1.165) is 17.7 Å². The summed E-state index contributed by atoms with van der Waals surface area (Å²) in [7, 11) is 0. The van der Waals surface area contributed by atoms with Crippen LogP contribution in [0.4, 0.5) is 5.69 Å². The first-order valence-corrected chi connectivity index (χ1v) is 5.55. The van der Waals surface area contributed by atoms with E-state index in [1.165, 1.54) is 5.56 Å². The molecule has 0 aliphatic carbocycles. The summed E-state index contributed by atoms with van der Waals surface area (Å²) in [5, 5.41) is 6.83. The fourth-order valence-corrected chi connectivity index (χ4v) is 1.81. The molecule has 84 valence electrons. The molecule has 0 saturated carbocycles. The number of aromatic nitrogens is 2. The summed E-state index contributed by atoms with van der Waals surface area (Å²) in [5.41, 5.74) is 9.83. The lowest BCUT2D eigenvalue weighted by atomic mass is 10.0. The molecule has 0 saturated heterocycles. The lowest BCUT2D eigenvalue weighted by molar-refractivity contribution is 0.647. The molecule has 0 fully saturated rings. The predicted molar refractivity (Wildman–Crippen MR) is 67.0 cm³/mol. The molecule has 0 aliphatic rings.